The number of hydrogen-bond acceptors (Lipinski definition) is 5. The van der Waals surface area contributed by atoms with E-state index in [4.69, 9.17) is 8.83 Å². The molecule has 0 spiro atoms. The number of nitrogens with zero attached hydrogens (tertiary/aromatic N) is 2. The lowest BCUT2D eigenvalue weighted by atomic mass is 10.3. The van der Waals surface area contributed by atoms with Gasteiger partial charge in [0.2, 0.25) is 5.89 Å². The average molecular weight is 221 g/mol. The lowest BCUT2D eigenvalue weighted by molar-refractivity contribution is 0.494. The largest absolute Gasteiger partial charge is 0.469 e. The van der Waals surface area contributed by atoms with Crippen molar-refractivity contribution < 1.29 is 8.83 Å². The molecule has 5 nitrogen and oxygen atoms in total. The van der Waals surface area contributed by atoms with E-state index in [1.165, 1.54) is 0 Å². The molecule has 0 saturated heterocycles. The van der Waals surface area contributed by atoms with E-state index in [-0.39, 0.29) is 0 Å². The fourth-order valence-electron chi connectivity index (χ4n) is 1.40. The predicted molar refractivity (Wildman–Crippen MR) is 59.0 cm³/mol. The summed E-state index contributed by atoms with van der Waals surface area (Å²) >= 11 is 0. The first kappa shape index (κ1) is 10.9. The molecule has 2 aromatic heterocycles. The quantitative estimate of drug-likeness (QED) is 0.780. The Balaban J connectivity index is 2.02. The van der Waals surface area contributed by atoms with Gasteiger partial charge in [-0.25, -0.2) is 0 Å². The summed E-state index contributed by atoms with van der Waals surface area (Å²) < 4.78 is 10.7. The second-order valence-corrected chi connectivity index (χ2v) is 3.55. The molecule has 0 radical (unpaired) electrons. The van der Waals surface area contributed by atoms with E-state index in [0.29, 0.717) is 11.8 Å². The minimum Gasteiger partial charge on any atom is -0.469 e. The highest BCUT2D eigenvalue weighted by molar-refractivity contribution is 5.50. The smallest absolute Gasteiger partial charge is 0.250 e. The highest BCUT2D eigenvalue weighted by atomic mass is 16.4. The van der Waals surface area contributed by atoms with E-state index in [1.807, 2.05) is 13.0 Å². The zero-order valence-corrected chi connectivity index (χ0v) is 9.49. The second-order valence-electron chi connectivity index (χ2n) is 3.55. The summed E-state index contributed by atoms with van der Waals surface area (Å²) in [6.07, 6.45) is 2.37. The summed E-state index contributed by atoms with van der Waals surface area (Å²) in [5.41, 5.74) is 0.833. The van der Waals surface area contributed by atoms with Crippen LogP contribution in [0.2, 0.25) is 0 Å². The molecule has 0 aliphatic carbocycles. The van der Waals surface area contributed by atoms with Crippen LogP contribution >= 0.6 is 0 Å². The summed E-state index contributed by atoms with van der Waals surface area (Å²) in [6.45, 7) is 5.74. The van der Waals surface area contributed by atoms with Crippen LogP contribution in [0, 0.1) is 6.92 Å². The monoisotopic (exact) mass is 221 g/mol. The van der Waals surface area contributed by atoms with Crippen LogP contribution < -0.4 is 5.32 Å². The van der Waals surface area contributed by atoms with E-state index in [0.717, 1.165) is 30.8 Å². The summed E-state index contributed by atoms with van der Waals surface area (Å²) in [7, 11) is 0. The number of aryl methyl sites for hydroxylation is 1. The van der Waals surface area contributed by atoms with Gasteiger partial charge in [-0.3, -0.25) is 0 Å². The number of aromatic nitrogens is 2. The van der Waals surface area contributed by atoms with E-state index >= 15 is 0 Å². The van der Waals surface area contributed by atoms with Crippen molar-refractivity contribution in [3.05, 3.63) is 24.0 Å². The summed E-state index contributed by atoms with van der Waals surface area (Å²) in [4.78, 5) is 0. The van der Waals surface area contributed by atoms with Gasteiger partial charge in [0.05, 0.1) is 5.56 Å². The van der Waals surface area contributed by atoms with Crippen molar-refractivity contribution >= 4 is 0 Å². The molecular weight excluding hydrogens is 206 g/mol. The van der Waals surface area contributed by atoms with Crippen molar-refractivity contribution in [1.82, 2.24) is 15.5 Å². The fraction of sp³-hybridized carbons (Fsp3) is 0.455. The maximum atomic E-state index is 5.51. The van der Waals surface area contributed by atoms with Crippen molar-refractivity contribution in [2.45, 2.75) is 20.3 Å². The molecule has 2 aromatic rings. The van der Waals surface area contributed by atoms with Crippen molar-refractivity contribution in [1.29, 1.82) is 0 Å². The zero-order valence-electron chi connectivity index (χ0n) is 9.49. The number of nitrogens with one attached hydrogen (secondary N) is 1. The van der Waals surface area contributed by atoms with E-state index in [2.05, 4.69) is 22.4 Å². The Kier molecular flexibility index (Phi) is 3.36. The van der Waals surface area contributed by atoms with Crippen LogP contribution in [0.1, 0.15) is 18.6 Å². The number of furan rings is 1. The van der Waals surface area contributed by atoms with Gasteiger partial charge in [0.25, 0.3) is 5.89 Å². The number of likely N-dealkylation sites (N-methyl/N-ethyl adjacent to an activating group) is 1. The van der Waals surface area contributed by atoms with Crippen LogP contribution in [0.15, 0.2) is 21.2 Å². The van der Waals surface area contributed by atoms with Crippen LogP contribution in [0.25, 0.3) is 11.5 Å². The van der Waals surface area contributed by atoms with Crippen molar-refractivity contribution in [3.8, 4) is 11.5 Å². The van der Waals surface area contributed by atoms with Gasteiger partial charge in [0, 0.05) is 13.0 Å². The zero-order chi connectivity index (χ0) is 11.4. The Labute approximate surface area is 93.9 Å². The van der Waals surface area contributed by atoms with Gasteiger partial charge in [-0.2, -0.15) is 0 Å². The third kappa shape index (κ3) is 2.49. The molecule has 5 heteroatoms. The summed E-state index contributed by atoms with van der Waals surface area (Å²) in [5.74, 6) is 2.00. The molecule has 2 rings (SSSR count). The molecule has 0 saturated carbocycles. The molecule has 0 fully saturated rings. The predicted octanol–water partition coefficient (Wildman–Crippen LogP) is 1.79. The molecule has 0 bridgehead atoms. The third-order valence-electron chi connectivity index (χ3n) is 2.21. The maximum absolute atomic E-state index is 5.51. The Morgan fingerprint density at radius 2 is 2.25 bits per heavy atom. The van der Waals surface area contributed by atoms with Gasteiger partial charge in [0.1, 0.15) is 12.0 Å². The first-order chi connectivity index (χ1) is 7.79. The fourth-order valence-corrected chi connectivity index (χ4v) is 1.40. The average Bonchev–Trinajstić information content (AvgIpc) is 2.87. The normalized spacial score (nSPS) is 10.9. The molecule has 0 aliphatic rings. The number of hydrogen-bond donors (Lipinski definition) is 1. The highest BCUT2D eigenvalue weighted by Gasteiger charge is 2.10. The molecule has 0 aliphatic heterocycles. The Morgan fingerprint density at radius 1 is 1.38 bits per heavy atom. The Morgan fingerprint density at radius 3 is 2.94 bits per heavy atom. The molecule has 2 heterocycles. The molecule has 0 amide bonds. The van der Waals surface area contributed by atoms with Gasteiger partial charge in [0.15, 0.2) is 0 Å². The van der Waals surface area contributed by atoms with Crippen LogP contribution in [-0.2, 0) is 6.42 Å². The molecule has 1 N–H and O–H groups in total. The van der Waals surface area contributed by atoms with E-state index < -0.39 is 0 Å². The third-order valence-corrected chi connectivity index (χ3v) is 2.21. The second kappa shape index (κ2) is 4.94. The Hall–Kier alpha value is -1.62. The van der Waals surface area contributed by atoms with Crippen molar-refractivity contribution in [2.75, 3.05) is 13.1 Å². The van der Waals surface area contributed by atoms with Gasteiger partial charge in [-0.05, 0) is 19.5 Å². The van der Waals surface area contributed by atoms with Gasteiger partial charge >= 0.3 is 0 Å². The maximum Gasteiger partial charge on any atom is 0.250 e. The Bertz CT molecular complexity index is 448. The van der Waals surface area contributed by atoms with Crippen LogP contribution in [0.5, 0.6) is 0 Å². The summed E-state index contributed by atoms with van der Waals surface area (Å²) in [6, 6.07) is 1.88. The summed E-state index contributed by atoms with van der Waals surface area (Å²) in [5, 5.41) is 11.2. The molecule has 0 atom stereocenters. The van der Waals surface area contributed by atoms with Gasteiger partial charge in [-0.15, -0.1) is 10.2 Å². The minimum absolute atomic E-state index is 0.517. The SMILES string of the molecule is CCNCCc1nnc(-c2coc(C)c2)o1. The highest BCUT2D eigenvalue weighted by Crippen LogP contribution is 2.20. The van der Waals surface area contributed by atoms with Gasteiger partial charge in [-0.1, -0.05) is 6.92 Å². The molecule has 16 heavy (non-hydrogen) atoms. The lowest BCUT2D eigenvalue weighted by Gasteiger charge is -1.95. The molecule has 0 aromatic carbocycles. The minimum atomic E-state index is 0.517. The first-order valence-corrected chi connectivity index (χ1v) is 5.38. The van der Waals surface area contributed by atoms with Crippen LogP contribution in [-0.4, -0.2) is 23.3 Å². The number of rotatable bonds is 5. The standard InChI is InChI=1S/C11H15N3O2/c1-3-12-5-4-10-13-14-11(16-10)9-6-8(2)15-7-9/h6-7,12H,3-5H2,1-2H3. The first-order valence-electron chi connectivity index (χ1n) is 5.38. The lowest BCUT2D eigenvalue weighted by Crippen LogP contribution is -2.16. The van der Waals surface area contributed by atoms with Gasteiger partial charge < -0.3 is 14.2 Å². The van der Waals surface area contributed by atoms with Crippen molar-refractivity contribution in [3.63, 3.8) is 0 Å². The molecule has 0 unspecified atom stereocenters. The molecular formula is C11H15N3O2. The van der Waals surface area contributed by atoms with Crippen LogP contribution in [0.3, 0.4) is 0 Å². The van der Waals surface area contributed by atoms with Crippen LogP contribution in [0.4, 0.5) is 0 Å². The topological polar surface area (TPSA) is 64.1 Å². The van der Waals surface area contributed by atoms with E-state index in [9.17, 15) is 0 Å². The van der Waals surface area contributed by atoms with E-state index in [1.54, 1.807) is 6.26 Å². The van der Waals surface area contributed by atoms with Crippen molar-refractivity contribution in [2.24, 2.45) is 0 Å². The molecule has 86 valence electrons.